The molecule has 1 aliphatic rings. The second-order valence-corrected chi connectivity index (χ2v) is 5.83. The number of likely N-dealkylation sites (N-methyl/N-ethyl adjacent to an activating group) is 1. The van der Waals surface area contributed by atoms with Crippen LogP contribution in [0.3, 0.4) is 0 Å². The van der Waals surface area contributed by atoms with Crippen LogP contribution in [0.25, 0.3) is 0 Å². The second-order valence-electron chi connectivity index (χ2n) is 5.31. The van der Waals surface area contributed by atoms with Gasteiger partial charge >= 0.3 is 0 Å². The number of hydrogen-bond acceptors (Lipinski definition) is 4. The molecule has 0 spiro atoms. The van der Waals surface area contributed by atoms with Crippen molar-refractivity contribution in [3.63, 3.8) is 0 Å². The topological polar surface area (TPSA) is 58.8 Å². The van der Waals surface area contributed by atoms with E-state index in [1.807, 2.05) is 0 Å². The Kier molecular flexibility index (Phi) is 8.02. The molecule has 2 N–H and O–H groups in total. The quantitative estimate of drug-likeness (QED) is 0.644. The van der Waals surface area contributed by atoms with Gasteiger partial charge in [0.2, 0.25) is 5.91 Å². The molecule has 1 aliphatic heterocycles. The van der Waals surface area contributed by atoms with Crippen LogP contribution in [-0.4, -0.2) is 66.6 Å². The van der Waals surface area contributed by atoms with Crippen LogP contribution in [0.4, 0.5) is 0 Å². The minimum Gasteiger partial charge on any atom is -0.393 e. The van der Waals surface area contributed by atoms with Gasteiger partial charge in [-0.05, 0) is 19.4 Å². The van der Waals surface area contributed by atoms with E-state index in [9.17, 15) is 4.79 Å². The lowest BCUT2D eigenvalue weighted by molar-refractivity contribution is -0.130. The maximum absolute atomic E-state index is 12.0. The van der Waals surface area contributed by atoms with Gasteiger partial charge in [0.1, 0.15) is 0 Å². The molecule has 116 valence electrons. The average molecular weight is 301 g/mol. The summed E-state index contributed by atoms with van der Waals surface area (Å²) in [5.74, 6) is 0.145. The summed E-state index contributed by atoms with van der Waals surface area (Å²) >= 11 is 4.82. The summed E-state index contributed by atoms with van der Waals surface area (Å²) in [6.45, 7) is 6.27. The van der Waals surface area contributed by atoms with Crippen LogP contribution in [0.2, 0.25) is 0 Å². The lowest BCUT2D eigenvalue weighted by atomic mass is 10.2. The summed E-state index contributed by atoms with van der Waals surface area (Å²) in [7, 11) is 1.80. The third-order valence-corrected chi connectivity index (χ3v) is 3.90. The number of nitrogens with two attached hydrogens (primary N) is 1. The van der Waals surface area contributed by atoms with Gasteiger partial charge in [-0.25, -0.2) is 0 Å². The van der Waals surface area contributed by atoms with Gasteiger partial charge < -0.3 is 20.3 Å². The van der Waals surface area contributed by atoms with E-state index in [1.165, 1.54) is 0 Å². The van der Waals surface area contributed by atoms with Gasteiger partial charge in [0, 0.05) is 46.1 Å². The highest BCUT2D eigenvalue weighted by Crippen LogP contribution is 2.13. The van der Waals surface area contributed by atoms with Crippen LogP contribution in [0, 0.1) is 0 Å². The van der Waals surface area contributed by atoms with Crippen molar-refractivity contribution < 1.29 is 9.53 Å². The molecule has 20 heavy (non-hydrogen) atoms. The first-order valence-corrected chi connectivity index (χ1v) is 7.80. The average Bonchev–Trinajstić information content (AvgIpc) is 2.93. The number of carbonyl (C=O) groups excluding carboxylic acids is 1. The van der Waals surface area contributed by atoms with Crippen molar-refractivity contribution in [3.8, 4) is 0 Å². The van der Waals surface area contributed by atoms with E-state index in [0.717, 1.165) is 39.1 Å². The van der Waals surface area contributed by atoms with Crippen molar-refractivity contribution in [3.05, 3.63) is 0 Å². The molecule has 5 nitrogen and oxygen atoms in total. The first-order chi connectivity index (χ1) is 9.52. The highest BCUT2D eigenvalue weighted by molar-refractivity contribution is 7.80. The molecule has 1 saturated heterocycles. The summed E-state index contributed by atoms with van der Waals surface area (Å²) in [6, 6.07) is 0. The van der Waals surface area contributed by atoms with E-state index in [2.05, 4.69) is 11.8 Å². The number of hydrogen-bond donors (Lipinski definition) is 1. The monoisotopic (exact) mass is 301 g/mol. The molecule has 1 unspecified atom stereocenters. The Morgan fingerprint density at radius 1 is 1.40 bits per heavy atom. The van der Waals surface area contributed by atoms with Gasteiger partial charge in [-0.2, -0.15) is 0 Å². The SMILES string of the molecule is CCN(CCC(=O)N(C)CCC(N)=S)CC1CCCO1. The molecule has 0 aliphatic carbocycles. The van der Waals surface area contributed by atoms with Crippen LogP contribution >= 0.6 is 12.2 Å². The van der Waals surface area contributed by atoms with Crippen molar-refractivity contribution >= 4 is 23.1 Å². The van der Waals surface area contributed by atoms with E-state index in [0.29, 0.717) is 30.5 Å². The van der Waals surface area contributed by atoms with Gasteiger partial charge in [-0.15, -0.1) is 0 Å². The highest BCUT2D eigenvalue weighted by Gasteiger charge is 2.19. The van der Waals surface area contributed by atoms with Crippen LogP contribution < -0.4 is 5.73 Å². The summed E-state index contributed by atoms with van der Waals surface area (Å²) in [6.07, 6.45) is 3.76. The van der Waals surface area contributed by atoms with Crippen LogP contribution in [0.15, 0.2) is 0 Å². The number of carbonyl (C=O) groups is 1. The van der Waals surface area contributed by atoms with Gasteiger partial charge in [0.05, 0.1) is 11.1 Å². The Labute approximate surface area is 127 Å². The Hall–Kier alpha value is -0.720. The fourth-order valence-corrected chi connectivity index (χ4v) is 2.39. The Balaban J connectivity index is 2.24. The zero-order chi connectivity index (χ0) is 15.0. The van der Waals surface area contributed by atoms with E-state index in [4.69, 9.17) is 22.7 Å². The lowest BCUT2D eigenvalue weighted by Gasteiger charge is -2.24. The maximum atomic E-state index is 12.0. The number of nitrogens with zero attached hydrogens (tertiary/aromatic N) is 2. The summed E-state index contributed by atoms with van der Waals surface area (Å²) in [5, 5.41) is 0. The fourth-order valence-electron chi connectivity index (χ4n) is 2.30. The first-order valence-electron chi connectivity index (χ1n) is 7.39. The third-order valence-electron chi connectivity index (χ3n) is 3.69. The molecule has 0 saturated carbocycles. The van der Waals surface area contributed by atoms with Crippen molar-refractivity contribution in [2.75, 3.05) is 39.8 Å². The predicted molar refractivity (Wildman–Crippen MR) is 84.7 cm³/mol. The van der Waals surface area contributed by atoms with Crippen molar-refractivity contribution in [1.82, 2.24) is 9.80 Å². The molecule has 1 amide bonds. The smallest absolute Gasteiger partial charge is 0.223 e. The highest BCUT2D eigenvalue weighted by atomic mass is 32.1. The normalized spacial score (nSPS) is 18.4. The molecule has 1 atom stereocenters. The molecule has 1 fully saturated rings. The van der Waals surface area contributed by atoms with E-state index in [1.54, 1.807) is 11.9 Å². The van der Waals surface area contributed by atoms with Crippen LogP contribution in [-0.2, 0) is 9.53 Å². The zero-order valence-corrected chi connectivity index (χ0v) is 13.5. The largest absolute Gasteiger partial charge is 0.393 e. The summed E-state index contributed by atoms with van der Waals surface area (Å²) in [4.78, 5) is 16.4. The van der Waals surface area contributed by atoms with Crippen LogP contribution in [0.1, 0.15) is 32.6 Å². The maximum Gasteiger partial charge on any atom is 0.223 e. The number of rotatable bonds is 9. The number of amides is 1. The molecule has 0 aromatic carbocycles. The lowest BCUT2D eigenvalue weighted by Crippen LogP contribution is -2.36. The zero-order valence-electron chi connectivity index (χ0n) is 12.6. The van der Waals surface area contributed by atoms with Crippen LogP contribution in [0.5, 0.6) is 0 Å². The molecular formula is C14H27N3O2S. The number of ether oxygens (including phenoxy) is 1. The Morgan fingerprint density at radius 3 is 2.70 bits per heavy atom. The molecule has 0 aromatic heterocycles. The van der Waals surface area contributed by atoms with E-state index in [-0.39, 0.29) is 5.91 Å². The van der Waals surface area contributed by atoms with Gasteiger partial charge in [-0.3, -0.25) is 4.79 Å². The standard InChI is InChI=1S/C14H27N3O2S/c1-3-17(11-12-5-4-10-19-12)9-7-14(18)16(2)8-6-13(15)20/h12H,3-11H2,1-2H3,(H2,15,20). The second kappa shape index (κ2) is 9.26. The molecule has 1 heterocycles. The van der Waals surface area contributed by atoms with Gasteiger partial charge in [0.15, 0.2) is 0 Å². The van der Waals surface area contributed by atoms with Crippen molar-refractivity contribution in [1.29, 1.82) is 0 Å². The molecule has 0 radical (unpaired) electrons. The fraction of sp³-hybridized carbons (Fsp3) is 0.857. The van der Waals surface area contributed by atoms with E-state index >= 15 is 0 Å². The molecule has 0 aromatic rings. The molecule has 1 rings (SSSR count). The molecule has 0 bridgehead atoms. The first kappa shape index (κ1) is 17.3. The predicted octanol–water partition coefficient (Wildman–Crippen LogP) is 1.01. The van der Waals surface area contributed by atoms with Gasteiger partial charge in [-0.1, -0.05) is 19.1 Å². The molecule has 6 heteroatoms. The van der Waals surface area contributed by atoms with E-state index < -0.39 is 0 Å². The van der Waals surface area contributed by atoms with Crippen molar-refractivity contribution in [2.45, 2.75) is 38.7 Å². The minimum atomic E-state index is 0.145. The molecular weight excluding hydrogens is 274 g/mol. The third kappa shape index (κ3) is 6.63. The minimum absolute atomic E-state index is 0.145. The Morgan fingerprint density at radius 2 is 2.15 bits per heavy atom. The summed E-state index contributed by atoms with van der Waals surface area (Å²) < 4.78 is 5.64. The van der Waals surface area contributed by atoms with Gasteiger partial charge in [0.25, 0.3) is 0 Å². The summed E-state index contributed by atoms with van der Waals surface area (Å²) in [5.41, 5.74) is 5.45. The number of thiocarbonyl (C=S) groups is 1. The van der Waals surface area contributed by atoms with Crippen molar-refractivity contribution in [2.24, 2.45) is 5.73 Å². The Bertz CT molecular complexity index is 320.